The van der Waals surface area contributed by atoms with Gasteiger partial charge in [-0.3, -0.25) is 9.69 Å². The van der Waals surface area contributed by atoms with E-state index in [0.29, 0.717) is 5.91 Å². The average Bonchev–Trinajstić information content (AvgIpc) is 2.98. The van der Waals surface area contributed by atoms with Crippen LogP contribution in [-0.2, 0) is 11.3 Å². The first kappa shape index (κ1) is 19.6. The number of hydrogen-bond acceptors (Lipinski definition) is 3. The maximum Gasteiger partial charge on any atom is 0.225 e. The standard InChI is InChI=1S/C22H32N4O/c1-5-19(6-2)22(27)25-14-12-24(13-15-25)16-21-17(3)23-26(18(21)4)20-10-8-7-9-11-20/h7-11,19H,5-6,12-16H2,1-4H3. The number of para-hydroxylation sites is 1. The molecule has 0 N–H and O–H groups in total. The van der Waals surface area contributed by atoms with Gasteiger partial charge in [0.1, 0.15) is 0 Å². The molecule has 1 aromatic heterocycles. The summed E-state index contributed by atoms with van der Waals surface area (Å²) in [6, 6.07) is 10.3. The van der Waals surface area contributed by atoms with Crippen molar-refractivity contribution in [3.05, 3.63) is 47.3 Å². The Morgan fingerprint density at radius 2 is 1.67 bits per heavy atom. The number of carbonyl (C=O) groups is 1. The summed E-state index contributed by atoms with van der Waals surface area (Å²) < 4.78 is 2.04. The Morgan fingerprint density at radius 3 is 2.26 bits per heavy atom. The van der Waals surface area contributed by atoms with Crippen molar-refractivity contribution in [2.45, 2.75) is 47.1 Å². The molecule has 1 amide bonds. The number of amides is 1. The minimum absolute atomic E-state index is 0.185. The van der Waals surface area contributed by atoms with Crippen LogP contribution in [-0.4, -0.2) is 51.7 Å². The summed E-state index contributed by atoms with van der Waals surface area (Å²) in [4.78, 5) is 17.1. The third-order valence-corrected chi connectivity index (χ3v) is 5.84. The molecule has 146 valence electrons. The summed E-state index contributed by atoms with van der Waals surface area (Å²) in [5.74, 6) is 0.522. The second kappa shape index (κ2) is 8.70. The Hall–Kier alpha value is -2.14. The SMILES string of the molecule is CCC(CC)C(=O)N1CCN(Cc2c(C)nn(-c3ccccc3)c2C)CC1. The van der Waals surface area contributed by atoms with Gasteiger partial charge in [0.2, 0.25) is 5.91 Å². The van der Waals surface area contributed by atoms with Gasteiger partial charge in [-0.15, -0.1) is 0 Å². The van der Waals surface area contributed by atoms with Gasteiger partial charge in [0.15, 0.2) is 0 Å². The van der Waals surface area contributed by atoms with Crippen LogP contribution in [0, 0.1) is 19.8 Å². The van der Waals surface area contributed by atoms with Crippen LogP contribution in [0.25, 0.3) is 5.69 Å². The minimum atomic E-state index is 0.185. The van der Waals surface area contributed by atoms with E-state index in [0.717, 1.165) is 56.9 Å². The van der Waals surface area contributed by atoms with E-state index in [9.17, 15) is 4.79 Å². The molecule has 3 rings (SSSR count). The van der Waals surface area contributed by atoms with Crippen LogP contribution in [0.15, 0.2) is 30.3 Å². The van der Waals surface area contributed by atoms with E-state index in [2.05, 4.69) is 49.6 Å². The topological polar surface area (TPSA) is 41.4 Å². The van der Waals surface area contributed by atoms with Crippen molar-refractivity contribution >= 4 is 5.91 Å². The monoisotopic (exact) mass is 368 g/mol. The van der Waals surface area contributed by atoms with Crippen LogP contribution in [0.3, 0.4) is 0 Å². The predicted octanol–water partition coefficient (Wildman–Crippen LogP) is 3.57. The summed E-state index contributed by atoms with van der Waals surface area (Å²) in [5, 5.41) is 4.76. The Bertz CT molecular complexity index is 756. The summed E-state index contributed by atoms with van der Waals surface area (Å²) in [5.41, 5.74) is 4.70. The van der Waals surface area contributed by atoms with Crippen LogP contribution < -0.4 is 0 Å². The first-order valence-electron chi connectivity index (χ1n) is 10.2. The highest BCUT2D eigenvalue weighted by Crippen LogP contribution is 2.21. The molecule has 1 aliphatic heterocycles. The van der Waals surface area contributed by atoms with Gasteiger partial charge in [0, 0.05) is 49.9 Å². The minimum Gasteiger partial charge on any atom is -0.340 e. The molecule has 2 heterocycles. The van der Waals surface area contributed by atoms with E-state index in [4.69, 9.17) is 5.10 Å². The molecule has 1 aromatic carbocycles. The number of aromatic nitrogens is 2. The molecular weight excluding hydrogens is 336 g/mol. The van der Waals surface area contributed by atoms with Crippen LogP contribution in [0.4, 0.5) is 0 Å². The van der Waals surface area contributed by atoms with E-state index in [1.165, 1.54) is 11.3 Å². The molecule has 0 bridgehead atoms. The Morgan fingerprint density at radius 1 is 1.04 bits per heavy atom. The van der Waals surface area contributed by atoms with Crippen molar-refractivity contribution in [2.24, 2.45) is 5.92 Å². The zero-order valence-corrected chi connectivity index (χ0v) is 17.1. The van der Waals surface area contributed by atoms with Crippen LogP contribution in [0.2, 0.25) is 0 Å². The molecule has 0 saturated carbocycles. The summed E-state index contributed by atoms with van der Waals surface area (Å²) >= 11 is 0. The molecule has 0 unspecified atom stereocenters. The number of aryl methyl sites for hydroxylation is 1. The van der Waals surface area contributed by atoms with Crippen LogP contribution in [0.1, 0.15) is 43.6 Å². The highest BCUT2D eigenvalue weighted by Gasteiger charge is 2.26. The van der Waals surface area contributed by atoms with Gasteiger partial charge in [0.05, 0.1) is 11.4 Å². The molecular formula is C22H32N4O. The number of rotatable bonds is 6. The number of piperazine rings is 1. The predicted molar refractivity (Wildman–Crippen MR) is 109 cm³/mol. The van der Waals surface area contributed by atoms with Gasteiger partial charge < -0.3 is 4.90 Å². The van der Waals surface area contributed by atoms with E-state index >= 15 is 0 Å². The maximum absolute atomic E-state index is 12.6. The van der Waals surface area contributed by atoms with Gasteiger partial charge in [-0.2, -0.15) is 5.10 Å². The molecule has 1 fully saturated rings. The molecule has 5 heteroatoms. The largest absolute Gasteiger partial charge is 0.340 e. The molecule has 27 heavy (non-hydrogen) atoms. The number of benzene rings is 1. The Balaban J connectivity index is 1.64. The molecule has 5 nitrogen and oxygen atoms in total. The summed E-state index contributed by atoms with van der Waals surface area (Å²) in [6.45, 7) is 12.9. The molecule has 0 atom stereocenters. The van der Waals surface area contributed by atoms with Crippen molar-refractivity contribution in [1.29, 1.82) is 0 Å². The number of hydrogen-bond donors (Lipinski definition) is 0. The van der Waals surface area contributed by atoms with Crippen molar-refractivity contribution in [1.82, 2.24) is 19.6 Å². The molecule has 0 spiro atoms. The number of nitrogens with zero attached hydrogens (tertiary/aromatic N) is 4. The van der Waals surface area contributed by atoms with Crippen molar-refractivity contribution in [3.63, 3.8) is 0 Å². The first-order chi connectivity index (χ1) is 13.0. The molecule has 2 aromatic rings. The lowest BCUT2D eigenvalue weighted by atomic mass is 10.0. The first-order valence-corrected chi connectivity index (χ1v) is 10.2. The van der Waals surface area contributed by atoms with Gasteiger partial charge >= 0.3 is 0 Å². The smallest absolute Gasteiger partial charge is 0.225 e. The van der Waals surface area contributed by atoms with Gasteiger partial charge in [-0.1, -0.05) is 32.0 Å². The third-order valence-electron chi connectivity index (χ3n) is 5.84. The highest BCUT2D eigenvalue weighted by molar-refractivity contribution is 5.78. The van der Waals surface area contributed by atoms with Gasteiger partial charge in [0.25, 0.3) is 0 Å². The fourth-order valence-corrected chi connectivity index (χ4v) is 3.97. The molecule has 1 aliphatic rings. The fraction of sp³-hybridized carbons (Fsp3) is 0.545. The van der Waals surface area contributed by atoms with E-state index in [1.807, 2.05) is 22.9 Å². The summed E-state index contributed by atoms with van der Waals surface area (Å²) in [7, 11) is 0. The highest BCUT2D eigenvalue weighted by atomic mass is 16.2. The quantitative estimate of drug-likeness (QED) is 0.783. The lowest BCUT2D eigenvalue weighted by Crippen LogP contribution is -2.50. The van der Waals surface area contributed by atoms with Gasteiger partial charge in [-0.25, -0.2) is 4.68 Å². The number of carbonyl (C=O) groups excluding carboxylic acids is 1. The molecule has 0 aliphatic carbocycles. The maximum atomic E-state index is 12.6. The zero-order chi connectivity index (χ0) is 19.4. The second-order valence-electron chi connectivity index (χ2n) is 7.51. The van der Waals surface area contributed by atoms with Crippen molar-refractivity contribution < 1.29 is 4.79 Å². The van der Waals surface area contributed by atoms with Crippen molar-refractivity contribution in [2.75, 3.05) is 26.2 Å². The van der Waals surface area contributed by atoms with Gasteiger partial charge in [-0.05, 0) is 38.8 Å². The Labute approximate surface area is 163 Å². The third kappa shape index (κ3) is 4.24. The van der Waals surface area contributed by atoms with Crippen molar-refractivity contribution in [3.8, 4) is 5.69 Å². The molecule has 0 radical (unpaired) electrons. The van der Waals surface area contributed by atoms with E-state index in [-0.39, 0.29) is 5.92 Å². The van der Waals surface area contributed by atoms with Crippen LogP contribution in [0.5, 0.6) is 0 Å². The fourth-order valence-electron chi connectivity index (χ4n) is 3.97. The normalized spacial score (nSPS) is 15.5. The lowest BCUT2D eigenvalue weighted by Gasteiger charge is -2.36. The Kier molecular flexibility index (Phi) is 6.32. The van der Waals surface area contributed by atoms with E-state index < -0.39 is 0 Å². The second-order valence-corrected chi connectivity index (χ2v) is 7.51. The molecule has 1 saturated heterocycles. The average molecular weight is 369 g/mol. The lowest BCUT2D eigenvalue weighted by molar-refractivity contribution is -0.137. The van der Waals surface area contributed by atoms with Crippen LogP contribution >= 0.6 is 0 Å². The summed E-state index contributed by atoms with van der Waals surface area (Å²) in [6.07, 6.45) is 1.87. The zero-order valence-electron chi connectivity index (χ0n) is 17.1. The van der Waals surface area contributed by atoms with E-state index in [1.54, 1.807) is 0 Å².